The van der Waals surface area contributed by atoms with Crippen LogP contribution in [0, 0.1) is 5.82 Å². The molecule has 0 aliphatic carbocycles. The lowest BCUT2D eigenvalue weighted by molar-refractivity contribution is -0.116. The van der Waals surface area contributed by atoms with Gasteiger partial charge in [-0.25, -0.2) is 4.39 Å². The molecular weight excluding hydrogens is 351 g/mol. The first-order valence-electron chi connectivity index (χ1n) is 8.33. The van der Waals surface area contributed by atoms with Gasteiger partial charge in [0.15, 0.2) is 11.5 Å². The normalized spacial score (nSPS) is 10.6. The van der Waals surface area contributed by atoms with Crippen LogP contribution >= 0.6 is 0 Å². The number of aryl methyl sites for hydroxylation is 1. The molecule has 7 heteroatoms. The van der Waals surface area contributed by atoms with Crippen LogP contribution in [0.1, 0.15) is 12.0 Å². The van der Waals surface area contributed by atoms with E-state index in [4.69, 9.17) is 9.47 Å². The van der Waals surface area contributed by atoms with Crippen LogP contribution in [0.5, 0.6) is 11.5 Å². The minimum absolute atomic E-state index is 0.109. The third-order valence-corrected chi connectivity index (χ3v) is 4.17. The zero-order valence-corrected chi connectivity index (χ0v) is 15.0. The molecule has 0 saturated carbocycles. The second kappa shape index (κ2) is 7.90. The highest BCUT2D eigenvalue weighted by atomic mass is 19.1. The van der Waals surface area contributed by atoms with Gasteiger partial charge in [-0.15, -0.1) is 0 Å². The molecule has 6 nitrogen and oxygen atoms in total. The molecule has 1 heterocycles. The van der Waals surface area contributed by atoms with Crippen LogP contribution in [-0.4, -0.2) is 25.1 Å². The zero-order chi connectivity index (χ0) is 19.4. The second-order valence-electron chi connectivity index (χ2n) is 5.97. The number of fused-ring (bicyclic) bond motifs is 1. The van der Waals surface area contributed by atoms with Crippen molar-refractivity contribution in [3.05, 3.63) is 64.2 Å². The van der Waals surface area contributed by atoms with E-state index in [1.807, 2.05) is 0 Å². The molecule has 0 spiro atoms. The smallest absolute Gasteiger partial charge is 0.251 e. The van der Waals surface area contributed by atoms with Crippen molar-refractivity contribution in [3.8, 4) is 11.5 Å². The van der Waals surface area contributed by atoms with Crippen LogP contribution in [0.3, 0.4) is 0 Å². The predicted molar refractivity (Wildman–Crippen MR) is 101 cm³/mol. The van der Waals surface area contributed by atoms with Crippen LogP contribution < -0.4 is 20.3 Å². The van der Waals surface area contributed by atoms with Gasteiger partial charge in [-0.3, -0.25) is 9.59 Å². The summed E-state index contributed by atoms with van der Waals surface area (Å²) in [6.07, 6.45) is 0.346. The largest absolute Gasteiger partial charge is 0.493 e. The monoisotopic (exact) mass is 370 g/mol. The van der Waals surface area contributed by atoms with Gasteiger partial charge in [0.25, 0.3) is 5.56 Å². The number of halogens is 1. The van der Waals surface area contributed by atoms with Gasteiger partial charge in [0.05, 0.1) is 14.2 Å². The molecule has 1 amide bonds. The van der Waals surface area contributed by atoms with Crippen LogP contribution in [0.4, 0.5) is 10.1 Å². The highest BCUT2D eigenvalue weighted by Crippen LogP contribution is 2.29. The maximum atomic E-state index is 13.4. The Kier molecular flexibility index (Phi) is 5.40. The number of aromatic amines is 1. The average molecular weight is 370 g/mol. The molecule has 0 atom stereocenters. The van der Waals surface area contributed by atoms with Gasteiger partial charge >= 0.3 is 0 Å². The van der Waals surface area contributed by atoms with Crippen LogP contribution in [0.15, 0.2) is 47.3 Å². The molecule has 1 aromatic heterocycles. The molecule has 27 heavy (non-hydrogen) atoms. The molecule has 140 valence electrons. The maximum Gasteiger partial charge on any atom is 0.251 e. The summed E-state index contributed by atoms with van der Waals surface area (Å²) in [7, 11) is 3.04. The number of H-pyrrole nitrogens is 1. The summed E-state index contributed by atoms with van der Waals surface area (Å²) in [5.41, 5.74) is 1.26. The number of methoxy groups -OCH3 is 2. The molecule has 0 fully saturated rings. The summed E-state index contributed by atoms with van der Waals surface area (Å²) in [6.45, 7) is 0. The van der Waals surface area contributed by atoms with Crippen molar-refractivity contribution in [3.63, 3.8) is 0 Å². The summed E-state index contributed by atoms with van der Waals surface area (Å²) in [5, 5.41) is 3.35. The molecule has 2 aromatic carbocycles. The Bertz CT molecular complexity index is 1050. The number of carbonyl (C=O) groups excluding carboxylic acids is 1. The van der Waals surface area contributed by atoms with Gasteiger partial charge in [-0.1, -0.05) is 0 Å². The maximum absolute atomic E-state index is 13.4. The van der Waals surface area contributed by atoms with E-state index >= 15 is 0 Å². The summed E-state index contributed by atoms with van der Waals surface area (Å²) < 4.78 is 23.7. The number of nitrogens with one attached hydrogen (secondary N) is 2. The number of carbonyl (C=O) groups is 1. The lowest BCUT2D eigenvalue weighted by Gasteiger charge is -2.10. The Morgan fingerprint density at radius 3 is 2.59 bits per heavy atom. The number of pyridine rings is 1. The predicted octanol–water partition coefficient (Wildman–Crippen LogP) is 3.26. The van der Waals surface area contributed by atoms with Crippen molar-refractivity contribution in [1.29, 1.82) is 0 Å². The standard InChI is InChI=1S/C20H19FN2O4/c1-26-17-7-5-15(11-18(17)27-2)22-19(24)8-3-12-9-13-10-14(21)4-6-16(13)23-20(12)25/h4-7,9-11H,3,8H2,1-2H3,(H,22,24)(H,23,25). The second-order valence-corrected chi connectivity index (χ2v) is 5.97. The number of benzene rings is 2. The van der Waals surface area contributed by atoms with Crippen LogP contribution in [0.25, 0.3) is 10.9 Å². The van der Waals surface area contributed by atoms with Gasteiger partial charge in [-0.05, 0) is 42.8 Å². The summed E-state index contributed by atoms with van der Waals surface area (Å²) in [6, 6.07) is 10.8. The van der Waals surface area contributed by atoms with Gasteiger partial charge < -0.3 is 19.8 Å². The summed E-state index contributed by atoms with van der Waals surface area (Å²) in [4.78, 5) is 27.0. The van der Waals surface area contributed by atoms with Gasteiger partial charge in [0, 0.05) is 34.6 Å². The number of hydrogen-bond donors (Lipinski definition) is 2. The number of anilines is 1. The highest BCUT2D eigenvalue weighted by Gasteiger charge is 2.10. The minimum atomic E-state index is -0.383. The fourth-order valence-corrected chi connectivity index (χ4v) is 2.79. The molecule has 0 aliphatic heterocycles. The lowest BCUT2D eigenvalue weighted by Crippen LogP contribution is -2.17. The molecule has 2 N–H and O–H groups in total. The third-order valence-electron chi connectivity index (χ3n) is 4.17. The van der Waals surface area contributed by atoms with Gasteiger partial charge in [-0.2, -0.15) is 0 Å². The number of aromatic nitrogens is 1. The Balaban J connectivity index is 1.70. The lowest BCUT2D eigenvalue weighted by atomic mass is 10.1. The van der Waals surface area contributed by atoms with Crippen LogP contribution in [-0.2, 0) is 11.2 Å². The first-order valence-corrected chi connectivity index (χ1v) is 8.33. The van der Waals surface area contributed by atoms with E-state index in [-0.39, 0.29) is 30.1 Å². The Hall–Kier alpha value is -3.35. The molecule has 3 aromatic rings. The van der Waals surface area contributed by atoms with Crippen molar-refractivity contribution < 1.29 is 18.7 Å². The molecule has 3 rings (SSSR count). The topological polar surface area (TPSA) is 80.4 Å². The number of hydrogen-bond acceptors (Lipinski definition) is 4. The summed E-state index contributed by atoms with van der Waals surface area (Å²) in [5.74, 6) is 0.432. The SMILES string of the molecule is COc1ccc(NC(=O)CCc2cc3cc(F)ccc3[nH]c2=O)cc1OC. The summed E-state index contributed by atoms with van der Waals surface area (Å²) >= 11 is 0. The van der Waals surface area contributed by atoms with E-state index in [1.165, 1.54) is 32.4 Å². The number of amides is 1. The van der Waals surface area contributed by atoms with E-state index in [2.05, 4.69) is 10.3 Å². The van der Waals surface area contributed by atoms with Crippen molar-refractivity contribution in [2.45, 2.75) is 12.8 Å². The van der Waals surface area contributed by atoms with Crippen molar-refractivity contribution in [1.82, 2.24) is 4.98 Å². The Morgan fingerprint density at radius 2 is 1.85 bits per heavy atom. The van der Waals surface area contributed by atoms with Gasteiger partial charge in [0.1, 0.15) is 5.82 Å². The van der Waals surface area contributed by atoms with E-state index in [1.54, 1.807) is 24.3 Å². The highest BCUT2D eigenvalue weighted by molar-refractivity contribution is 5.91. The van der Waals surface area contributed by atoms with Crippen LogP contribution in [0.2, 0.25) is 0 Å². The molecular formula is C20H19FN2O4. The zero-order valence-electron chi connectivity index (χ0n) is 15.0. The fourth-order valence-electron chi connectivity index (χ4n) is 2.79. The number of rotatable bonds is 6. The molecule has 0 unspecified atom stereocenters. The average Bonchev–Trinajstić information content (AvgIpc) is 2.66. The van der Waals surface area contributed by atoms with Crippen molar-refractivity contribution >= 4 is 22.5 Å². The Morgan fingerprint density at radius 1 is 1.07 bits per heavy atom. The van der Waals surface area contributed by atoms with Crippen molar-refractivity contribution in [2.24, 2.45) is 0 Å². The molecule has 0 saturated heterocycles. The quantitative estimate of drug-likeness (QED) is 0.698. The molecule has 0 bridgehead atoms. The van der Waals surface area contributed by atoms with E-state index in [9.17, 15) is 14.0 Å². The van der Waals surface area contributed by atoms with E-state index in [0.29, 0.717) is 33.7 Å². The molecule has 0 radical (unpaired) electrons. The third kappa shape index (κ3) is 4.25. The van der Waals surface area contributed by atoms with E-state index in [0.717, 1.165) is 0 Å². The molecule has 0 aliphatic rings. The first kappa shape index (κ1) is 18.4. The van der Waals surface area contributed by atoms with Gasteiger partial charge in [0.2, 0.25) is 5.91 Å². The Labute approximate surface area is 154 Å². The van der Waals surface area contributed by atoms with E-state index < -0.39 is 0 Å². The first-order chi connectivity index (χ1) is 13.0. The fraction of sp³-hybridized carbons (Fsp3) is 0.200. The van der Waals surface area contributed by atoms with Crippen molar-refractivity contribution in [2.75, 3.05) is 19.5 Å². The minimum Gasteiger partial charge on any atom is -0.493 e. The number of ether oxygens (including phenoxy) is 2.